The standard InChI is InChI=1S/C8H14O3/c9-7-5-3-1-2-4-6-8-11-10/h1-3,5,9-10H,4,6-8H2/b2-1+,5-3+. The number of aliphatic hydroxyl groups is 1. The quantitative estimate of drug-likeness (QED) is 0.265. The van der Waals surface area contributed by atoms with Gasteiger partial charge in [0.2, 0.25) is 0 Å². The third-order valence-corrected chi connectivity index (χ3v) is 1.10. The first-order valence-electron chi connectivity index (χ1n) is 3.60. The lowest BCUT2D eigenvalue weighted by Gasteiger charge is -1.89. The van der Waals surface area contributed by atoms with Gasteiger partial charge in [0.1, 0.15) is 0 Å². The van der Waals surface area contributed by atoms with Crippen LogP contribution in [-0.2, 0) is 4.89 Å². The van der Waals surface area contributed by atoms with E-state index in [1.165, 1.54) is 0 Å². The average Bonchev–Trinajstić information content (AvgIpc) is 2.03. The molecule has 0 aliphatic heterocycles. The molecule has 11 heavy (non-hydrogen) atoms. The molecule has 0 saturated heterocycles. The fourth-order valence-electron chi connectivity index (χ4n) is 0.580. The molecule has 0 bridgehead atoms. The van der Waals surface area contributed by atoms with Gasteiger partial charge in [0.05, 0.1) is 13.2 Å². The van der Waals surface area contributed by atoms with E-state index >= 15 is 0 Å². The third kappa shape index (κ3) is 9.36. The van der Waals surface area contributed by atoms with Crippen LogP contribution < -0.4 is 0 Å². The Bertz CT molecular complexity index is 119. The van der Waals surface area contributed by atoms with Crippen LogP contribution in [0.5, 0.6) is 0 Å². The Hall–Kier alpha value is -0.640. The lowest BCUT2D eigenvalue weighted by molar-refractivity contribution is -0.242. The highest BCUT2D eigenvalue weighted by Crippen LogP contribution is 1.90. The molecule has 0 fully saturated rings. The molecular formula is C8H14O3. The first kappa shape index (κ1) is 10.4. The summed E-state index contributed by atoms with van der Waals surface area (Å²) < 4.78 is 0. The maximum absolute atomic E-state index is 8.33. The molecule has 0 rings (SSSR count). The molecule has 0 aromatic heterocycles. The summed E-state index contributed by atoms with van der Waals surface area (Å²) in [6.07, 6.45) is 8.91. The molecule has 0 atom stereocenters. The molecule has 0 aromatic rings. The fourth-order valence-corrected chi connectivity index (χ4v) is 0.580. The smallest absolute Gasteiger partial charge is 0.0822 e. The molecule has 0 saturated carbocycles. The minimum absolute atomic E-state index is 0.0735. The molecular weight excluding hydrogens is 144 g/mol. The molecule has 3 heteroatoms. The van der Waals surface area contributed by atoms with E-state index in [-0.39, 0.29) is 6.61 Å². The van der Waals surface area contributed by atoms with Gasteiger partial charge in [-0.15, -0.1) is 0 Å². The minimum Gasteiger partial charge on any atom is -0.392 e. The lowest BCUT2D eigenvalue weighted by atomic mass is 10.3. The van der Waals surface area contributed by atoms with Crippen molar-refractivity contribution in [2.75, 3.05) is 13.2 Å². The Morgan fingerprint density at radius 1 is 1.18 bits per heavy atom. The number of aliphatic hydroxyl groups excluding tert-OH is 1. The zero-order valence-electron chi connectivity index (χ0n) is 6.44. The average molecular weight is 158 g/mol. The van der Waals surface area contributed by atoms with Crippen molar-refractivity contribution >= 4 is 0 Å². The van der Waals surface area contributed by atoms with Crippen LogP contribution in [0.4, 0.5) is 0 Å². The van der Waals surface area contributed by atoms with Gasteiger partial charge in [-0.25, -0.2) is 4.89 Å². The summed E-state index contributed by atoms with van der Waals surface area (Å²) in [5.41, 5.74) is 0. The number of allylic oxidation sites excluding steroid dienone is 3. The van der Waals surface area contributed by atoms with E-state index in [4.69, 9.17) is 10.4 Å². The van der Waals surface area contributed by atoms with Gasteiger partial charge < -0.3 is 5.11 Å². The molecule has 64 valence electrons. The van der Waals surface area contributed by atoms with Crippen molar-refractivity contribution < 1.29 is 15.3 Å². The predicted octanol–water partition coefficient (Wildman–Crippen LogP) is 1.36. The Morgan fingerprint density at radius 3 is 2.55 bits per heavy atom. The molecule has 0 radical (unpaired) electrons. The summed E-state index contributed by atoms with van der Waals surface area (Å²) in [5, 5.41) is 16.3. The first-order valence-corrected chi connectivity index (χ1v) is 3.60. The highest BCUT2D eigenvalue weighted by molar-refractivity contribution is 5.02. The van der Waals surface area contributed by atoms with Crippen LogP contribution >= 0.6 is 0 Å². The largest absolute Gasteiger partial charge is 0.392 e. The van der Waals surface area contributed by atoms with Gasteiger partial charge >= 0.3 is 0 Å². The highest BCUT2D eigenvalue weighted by Gasteiger charge is 1.80. The number of unbranched alkanes of at least 4 members (excludes halogenated alkanes) is 1. The zero-order valence-corrected chi connectivity index (χ0v) is 6.44. The maximum Gasteiger partial charge on any atom is 0.0822 e. The van der Waals surface area contributed by atoms with Gasteiger partial charge in [-0.2, -0.15) is 0 Å². The van der Waals surface area contributed by atoms with E-state index in [0.717, 1.165) is 12.8 Å². The maximum atomic E-state index is 8.33. The Kier molecular flexibility index (Phi) is 8.82. The second-order valence-electron chi connectivity index (χ2n) is 2.01. The van der Waals surface area contributed by atoms with Crippen LogP contribution in [0.1, 0.15) is 12.8 Å². The highest BCUT2D eigenvalue weighted by atomic mass is 17.1. The van der Waals surface area contributed by atoms with Gasteiger partial charge in [-0.1, -0.05) is 24.3 Å². The normalized spacial score (nSPS) is 11.8. The van der Waals surface area contributed by atoms with E-state index in [9.17, 15) is 0 Å². The van der Waals surface area contributed by atoms with Crippen molar-refractivity contribution in [2.45, 2.75) is 12.8 Å². The topological polar surface area (TPSA) is 49.7 Å². The van der Waals surface area contributed by atoms with Crippen LogP contribution in [0.25, 0.3) is 0 Å². The SMILES string of the molecule is OC/C=C/C=C/CCCOO. The summed E-state index contributed by atoms with van der Waals surface area (Å²) in [7, 11) is 0. The monoisotopic (exact) mass is 158 g/mol. The van der Waals surface area contributed by atoms with E-state index < -0.39 is 0 Å². The Balaban J connectivity index is 3.09. The third-order valence-electron chi connectivity index (χ3n) is 1.10. The Morgan fingerprint density at radius 2 is 1.91 bits per heavy atom. The fraction of sp³-hybridized carbons (Fsp3) is 0.500. The molecule has 3 nitrogen and oxygen atoms in total. The van der Waals surface area contributed by atoms with E-state index in [1.54, 1.807) is 12.2 Å². The van der Waals surface area contributed by atoms with E-state index in [2.05, 4.69) is 4.89 Å². The molecule has 0 amide bonds. The zero-order chi connectivity index (χ0) is 8.36. The van der Waals surface area contributed by atoms with Gasteiger partial charge in [0, 0.05) is 0 Å². The van der Waals surface area contributed by atoms with E-state index in [0.29, 0.717) is 6.61 Å². The van der Waals surface area contributed by atoms with Crippen molar-refractivity contribution in [1.29, 1.82) is 0 Å². The molecule has 0 aromatic carbocycles. The van der Waals surface area contributed by atoms with Crippen LogP contribution in [0.3, 0.4) is 0 Å². The molecule has 0 aliphatic carbocycles. The summed E-state index contributed by atoms with van der Waals surface area (Å²) in [6.45, 7) is 0.443. The summed E-state index contributed by atoms with van der Waals surface area (Å²) in [5.74, 6) is 0. The second kappa shape index (κ2) is 9.36. The van der Waals surface area contributed by atoms with Crippen molar-refractivity contribution in [3.8, 4) is 0 Å². The lowest BCUT2D eigenvalue weighted by Crippen LogP contribution is -1.85. The first-order chi connectivity index (χ1) is 5.41. The van der Waals surface area contributed by atoms with Crippen molar-refractivity contribution in [2.24, 2.45) is 0 Å². The molecule has 0 heterocycles. The number of hydrogen-bond donors (Lipinski definition) is 2. The predicted molar refractivity (Wildman–Crippen MR) is 43.2 cm³/mol. The summed E-state index contributed by atoms with van der Waals surface area (Å²) in [4.78, 5) is 3.88. The molecule has 0 spiro atoms. The Labute approximate surface area is 66.5 Å². The molecule has 0 unspecified atom stereocenters. The van der Waals surface area contributed by atoms with Crippen molar-refractivity contribution in [1.82, 2.24) is 0 Å². The van der Waals surface area contributed by atoms with Gasteiger partial charge in [-0.3, -0.25) is 5.26 Å². The molecule has 2 N–H and O–H groups in total. The van der Waals surface area contributed by atoms with Crippen LogP contribution in [0, 0.1) is 0 Å². The van der Waals surface area contributed by atoms with Gasteiger partial charge in [-0.05, 0) is 12.8 Å². The molecule has 0 aliphatic rings. The number of rotatable bonds is 6. The van der Waals surface area contributed by atoms with Crippen molar-refractivity contribution in [3.63, 3.8) is 0 Å². The minimum atomic E-state index is 0.0735. The summed E-state index contributed by atoms with van der Waals surface area (Å²) in [6, 6.07) is 0. The summed E-state index contributed by atoms with van der Waals surface area (Å²) >= 11 is 0. The van der Waals surface area contributed by atoms with Crippen LogP contribution in [0.2, 0.25) is 0 Å². The van der Waals surface area contributed by atoms with Crippen molar-refractivity contribution in [3.05, 3.63) is 24.3 Å². The van der Waals surface area contributed by atoms with Crippen LogP contribution in [-0.4, -0.2) is 23.6 Å². The van der Waals surface area contributed by atoms with Gasteiger partial charge in [0.15, 0.2) is 0 Å². The van der Waals surface area contributed by atoms with Crippen LogP contribution in [0.15, 0.2) is 24.3 Å². The second-order valence-corrected chi connectivity index (χ2v) is 2.01. The van der Waals surface area contributed by atoms with Gasteiger partial charge in [0.25, 0.3) is 0 Å². The van der Waals surface area contributed by atoms with E-state index in [1.807, 2.05) is 12.2 Å². The number of hydrogen-bond acceptors (Lipinski definition) is 3.